The molecule has 1 N–H and O–H groups in total. The topological polar surface area (TPSA) is 64.3 Å². The highest BCUT2D eigenvalue weighted by Crippen LogP contribution is 2.04. The van der Waals surface area contributed by atoms with Gasteiger partial charge in [0, 0.05) is 14.0 Å². The number of esters is 1. The summed E-state index contributed by atoms with van der Waals surface area (Å²) in [4.78, 5) is 10.5. The number of carbonyl (C=O) groups excluding carboxylic acids is 1. The van der Waals surface area contributed by atoms with Crippen LogP contribution in [0, 0.1) is 0 Å². The Morgan fingerprint density at radius 2 is 2.46 bits per heavy atom. The van der Waals surface area contributed by atoms with Gasteiger partial charge in [-0.25, -0.2) is 0 Å². The average molecular weight is 184 g/mol. The standard InChI is InChI=1S/C8H12N2O3/c1-6(12)13-5-7-3-8(4-11)10(2)9-7/h3,11H,4-5H2,1-2H3. The van der Waals surface area contributed by atoms with Crippen LogP contribution in [0.3, 0.4) is 0 Å². The normalized spacial score (nSPS) is 10.1. The molecule has 0 aliphatic heterocycles. The first-order chi connectivity index (χ1) is 6.13. The maximum atomic E-state index is 10.5. The quantitative estimate of drug-likeness (QED) is 0.670. The SMILES string of the molecule is CC(=O)OCc1cc(CO)n(C)n1. The van der Waals surface area contributed by atoms with Crippen molar-refractivity contribution in [1.29, 1.82) is 0 Å². The molecule has 0 saturated heterocycles. The van der Waals surface area contributed by atoms with E-state index < -0.39 is 0 Å². The lowest BCUT2D eigenvalue weighted by Crippen LogP contribution is -2.00. The summed E-state index contributed by atoms with van der Waals surface area (Å²) in [6, 6.07) is 1.70. The molecule has 0 amide bonds. The van der Waals surface area contributed by atoms with Crippen molar-refractivity contribution in [2.24, 2.45) is 7.05 Å². The van der Waals surface area contributed by atoms with Gasteiger partial charge in [-0.1, -0.05) is 0 Å². The zero-order valence-corrected chi connectivity index (χ0v) is 7.65. The monoisotopic (exact) mass is 184 g/mol. The molecule has 0 fully saturated rings. The van der Waals surface area contributed by atoms with Crippen LogP contribution in [0.5, 0.6) is 0 Å². The molecular weight excluding hydrogens is 172 g/mol. The van der Waals surface area contributed by atoms with Gasteiger partial charge in [-0.05, 0) is 6.07 Å². The van der Waals surface area contributed by atoms with Crippen molar-refractivity contribution in [3.63, 3.8) is 0 Å². The molecule has 1 rings (SSSR count). The predicted octanol–water partition coefficient (Wildman–Crippen LogP) is -0.0245. The Bertz CT molecular complexity index is 306. The first-order valence-corrected chi connectivity index (χ1v) is 3.89. The number of ether oxygens (including phenoxy) is 1. The van der Waals surface area contributed by atoms with Gasteiger partial charge in [0.25, 0.3) is 0 Å². The Morgan fingerprint density at radius 3 is 2.92 bits per heavy atom. The zero-order valence-electron chi connectivity index (χ0n) is 7.65. The van der Waals surface area contributed by atoms with Crippen molar-refractivity contribution in [3.8, 4) is 0 Å². The van der Waals surface area contributed by atoms with Crippen LogP contribution in [-0.2, 0) is 29.8 Å². The number of carbonyl (C=O) groups is 1. The summed E-state index contributed by atoms with van der Waals surface area (Å²) in [7, 11) is 1.73. The van der Waals surface area contributed by atoms with E-state index in [0.717, 1.165) is 0 Å². The third-order valence-corrected chi connectivity index (χ3v) is 1.61. The molecule has 0 bridgehead atoms. The van der Waals surface area contributed by atoms with Crippen LogP contribution in [0.4, 0.5) is 0 Å². The van der Waals surface area contributed by atoms with Crippen molar-refractivity contribution >= 4 is 5.97 Å². The number of nitrogens with zero attached hydrogens (tertiary/aromatic N) is 2. The van der Waals surface area contributed by atoms with Crippen molar-refractivity contribution in [2.45, 2.75) is 20.1 Å². The van der Waals surface area contributed by atoms with Crippen LogP contribution in [0.2, 0.25) is 0 Å². The van der Waals surface area contributed by atoms with Gasteiger partial charge in [0.15, 0.2) is 0 Å². The molecule has 0 atom stereocenters. The lowest BCUT2D eigenvalue weighted by Gasteiger charge is -1.96. The van der Waals surface area contributed by atoms with Gasteiger partial charge >= 0.3 is 5.97 Å². The Balaban J connectivity index is 2.62. The average Bonchev–Trinajstić information content (AvgIpc) is 2.43. The molecule has 0 aliphatic rings. The van der Waals surface area contributed by atoms with E-state index in [4.69, 9.17) is 9.84 Å². The molecule has 5 nitrogen and oxygen atoms in total. The minimum atomic E-state index is -0.337. The number of aryl methyl sites for hydroxylation is 1. The molecule has 0 radical (unpaired) electrons. The summed E-state index contributed by atoms with van der Waals surface area (Å²) in [5.41, 5.74) is 1.34. The van der Waals surface area contributed by atoms with E-state index in [1.165, 1.54) is 6.92 Å². The highest BCUT2D eigenvalue weighted by Gasteiger charge is 2.04. The highest BCUT2D eigenvalue weighted by molar-refractivity contribution is 5.65. The largest absolute Gasteiger partial charge is 0.459 e. The van der Waals surface area contributed by atoms with Gasteiger partial charge in [-0.15, -0.1) is 0 Å². The van der Waals surface area contributed by atoms with Crippen LogP contribution in [0.25, 0.3) is 0 Å². The fraction of sp³-hybridized carbons (Fsp3) is 0.500. The van der Waals surface area contributed by atoms with Gasteiger partial charge in [-0.3, -0.25) is 9.48 Å². The molecule has 0 saturated carbocycles. The summed E-state index contributed by atoms with van der Waals surface area (Å²) in [6.07, 6.45) is 0. The van der Waals surface area contributed by atoms with E-state index in [0.29, 0.717) is 11.4 Å². The highest BCUT2D eigenvalue weighted by atomic mass is 16.5. The van der Waals surface area contributed by atoms with Crippen LogP contribution < -0.4 is 0 Å². The molecule has 0 aliphatic carbocycles. The summed E-state index contributed by atoms with van der Waals surface area (Å²) in [6.45, 7) is 1.43. The first-order valence-electron chi connectivity index (χ1n) is 3.89. The second-order valence-electron chi connectivity index (χ2n) is 2.69. The lowest BCUT2D eigenvalue weighted by molar-refractivity contribution is -0.142. The second kappa shape index (κ2) is 4.04. The Morgan fingerprint density at radius 1 is 1.77 bits per heavy atom. The maximum Gasteiger partial charge on any atom is 0.303 e. The summed E-state index contributed by atoms with van der Waals surface area (Å²) in [5, 5.41) is 12.9. The van der Waals surface area contributed by atoms with E-state index in [1.54, 1.807) is 17.8 Å². The number of aliphatic hydroxyl groups excluding tert-OH is 1. The zero-order chi connectivity index (χ0) is 9.84. The minimum Gasteiger partial charge on any atom is -0.459 e. The fourth-order valence-electron chi connectivity index (χ4n) is 0.966. The third kappa shape index (κ3) is 2.55. The van der Waals surface area contributed by atoms with E-state index in [1.807, 2.05) is 0 Å². The molecule has 72 valence electrons. The van der Waals surface area contributed by atoms with Gasteiger partial charge in [-0.2, -0.15) is 5.10 Å². The van der Waals surface area contributed by atoms with Crippen molar-refractivity contribution in [1.82, 2.24) is 9.78 Å². The second-order valence-corrected chi connectivity index (χ2v) is 2.69. The molecule has 0 spiro atoms. The number of aliphatic hydroxyl groups is 1. The summed E-state index contributed by atoms with van der Waals surface area (Å²) in [5.74, 6) is -0.337. The Kier molecular flexibility index (Phi) is 3.02. The molecule has 1 aromatic rings. The van der Waals surface area contributed by atoms with Gasteiger partial charge in [0.2, 0.25) is 0 Å². The molecule has 0 aromatic carbocycles. The van der Waals surface area contributed by atoms with Crippen LogP contribution in [-0.4, -0.2) is 20.9 Å². The predicted molar refractivity (Wildman–Crippen MR) is 44.6 cm³/mol. The van der Waals surface area contributed by atoms with Crippen LogP contribution in [0.1, 0.15) is 18.3 Å². The lowest BCUT2D eigenvalue weighted by atomic mass is 10.4. The Hall–Kier alpha value is -1.36. The van der Waals surface area contributed by atoms with Crippen LogP contribution in [0.15, 0.2) is 6.07 Å². The minimum absolute atomic E-state index is 0.0659. The number of hydrogen-bond acceptors (Lipinski definition) is 4. The summed E-state index contributed by atoms with van der Waals surface area (Å²) >= 11 is 0. The number of rotatable bonds is 3. The Labute approximate surface area is 75.9 Å². The molecule has 13 heavy (non-hydrogen) atoms. The molecule has 1 aromatic heterocycles. The number of hydrogen-bond donors (Lipinski definition) is 1. The van der Waals surface area contributed by atoms with Gasteiger partial charge < -0.3 is 9.84 Å². The molecule has 5 heteroatoms. The molecular formula is C8H12N2O3. The fourth-order valence-corrected chi connectivity index (χ4v) is 0.966. The van der Waals surface area contributed by atoms with E-state index in [-0.39, 0.29) is 19.2 Å². The van der Waals surface area contributed by atoms with Gasteiger partial charge in [0.1, 0.15) is 12.3 Å². The van der Waals surface area contributed by atoms with E-state index in [2.05, 4.69) is 5.10 Å². The van der Waals surface area contributed by atoms with E-state index in [9.17, 15) is 4.79 Å². The third-order valence-electron chi connectivity index (χ3n) is 1.61. The van der Waals surface area contributed by atoms with Crippen LogP contribution >= 0.6 is 0 Å². The maximum absolute atomic E-state index is 10.5. The molecule has 1 heterocycles. The first kappa shape index (κ1) is 9.73. The summed E-state index contributed by atoms with van der Waals surface area (Å²) < 4.78 is 6.30. The molecule has 0 unspecified atom stereocenters. The van der Waals surface area contributed by atoms with Crippen molar-refractivity contribution in [2.75, 3.05) is 0 Å². The smallest absolute Gasteiger partial charge is 0.303 e. The van der Waals surface area contributed by atoms with E-state index >= 15 is 0 Å². The number of aromatic nitrogens is 2. The van der Waals surface area contributed by atoms with Crippen molar-refractivity contribution < 1.29 is 14.6 Å². The van der Waals surface area contributed by atoms with Crippen molar-refractivity contribution in [3.05, 3.63) is 17.5 Å². The van der Waals surface area contributed by atoms with Gasteiger partial charge in [0.05, 0.1) is 12.3 Å².